The first-order valence-electron chi connectivity index (χ1n) is 7.27. The fourth-order valence-corrected chi connectivity index (χ4v) is 2.55. The number of aromatic nitrogens is 2. The van der Waals surface area contributed by atoms with Crippen LogP contribution in [0.15, 0.2) is 15.5 Å². The second-order valence-electron chi connectivity index (χ2n) is 4.90. The van der Waals surface area contributed by atoms with Gasteiger partial charge in [-0.25, -0.2) is 4.68 Å². The van der Waals surface area contributed by atoms with Gasteiger partial charge in [-0.2, -0.15) is 5.10 Å². The molecule has 0 saturated carbocycles. The van der Waals surface area contributed by atoms with Crippen LogP contribution < -0.4 is 10.9 Å². The fourth-order valence-electron chi connectivity index (χ4n) is 2.13. The molecule has 1 unspecified atom stereocenters. The zero-order valence-corrected chi connectivity index (χ0v) is 13.8. The van der Waals surface area contributed by atoms with Gasteiger partial charge in [0.15, 0.2) is 0 Å². The van der Waals surface area contributed by atoms with Crippen LogP contribution >= 0.6 is 15.9 Å². The first kappa shape index (κ1) is 17.2. The topological polar surface area (TPSA) is 67.2 Å². The van der Waals surface area contributed by atoms with Gasteiger partial charge in [0.1, 0.15) is 4.47 Å². The number of hydrogen-bond acceptors (Lipinski definition) is 4. The second kappa shape index (κ2) is 9.13. The zero-order valence-electron chi connectivity index (χ0n) is 12.2. The highest BCUT2D eigenvalue weighted by atomic mass is 79.9. The average Bonchev–Trinajstić information content (AvgIpc) is 2.44. The lowest BCUT2D eigenvalue weighted by molar-refractivity contribution is 0.266. The highest BCUT2D eigenvalue weighted by molar-refractivity contribution is 9.10. The van der Waals surface area contributed by atoms with E-state index in [9.17, 15) is 4.79 Å². The Morgan fingerprint density at radius 2 is 2.15 bits per heavy atom. The van der Waals surface area contributed by atoms with Crippen LogP contribution in [0.25, 0.3) is 0 Å². The molecule has 114 valence electrons. The largest absolute Gasteiger partial charge is 0.394 e. The molecule has 0 aliphatic heterocycles. The molecule has 0 aliphatic rings. The van der Waals surface area contributed by atoms with Gasteiger partial charge in [0.2, 0.25) is 0 Å². The third kappa shape index (κ3) is 4.90. The monoisotopic (exact) mass is 345 g/mol. The summed E-state index contributed by atoms with van der Waals surface area (Å²) in [4.78, 5) is 12.0. The van der Waals surface area contributed by atoms with Gasteiger partial charge in [-0.1, -0.05) is 33.1 Å². The van der Waals surface area contributed by atoms with E-state index in [2.05, 4.69) is 40.2 Å². The molecule has 6 heteroatoms. The molecular weight excluding hydrogens is 322 g/mol. The zero-order chi connectivity index (χ0) is 15.0. The standard InChI is InChI=1S/C14H24BrN3O2/c1-3-5-7-11(6-4-2)17-12-10-16-18(8-9-19)14(20)13(12)15/h10-11,17,19H,3-9H2,1-2H3. The van der Waals surface area contributed by atoms with Crippen LogP contribution in [0.3, 0.4) is 0 Å². The van der Waals surface area contributed by atoms with Gasteiger partial charge in [0, 0.05) is 6.04 Å². The van der Waals surface area contributed by atoms with Crippen molar-refractivity contribution in [2.75, 3.05) is 11.9 Å². The summed E-state index contributed by atoms with van der Waals surface area (Å²) in [6.07, 6.45) is 7.26. The number of nitrogens with one attached hydrogen (secondary N) is 1. The molecular formula is C14H24BrN3O2. The van der Waals surface area contributed by atoms with Gasteiger partial charge in [-0.05, 0) is 28.8 Å². The first-order chi connectivity index (χ1) is 9.63. The van der Waals surface area contributed by atoms with Crippen molar-refractivity contribution in [3.05, 3.63) is 21.0 Å². The van der Waals surface area contributed by atoms with Crippen LogP contribution in [-0.2, 0) is 6.54 Å². The Hall–Kier alpha value is -0.880. The van der Waals surface area contributed by atoms with Crippen molar-refractivity contribution in [1.82, 2.24) is 9.78 Å². The molecule has 0 bridgehead atoms. The van der Waals surface area contributed by atoms with Crippen molar-refractivity contribution < 1.29 is 5.11 Å². The lowest BCUT2D eigenvalue weighted by Gasteiger charge is -2.20. The number of aliphatic hydroxyl groups is 1. The molecule has 0 aromatic carbocycles. The van der Waals surface area contributed by atoms with Gasteiger partial charge >= 0.3 is 0 Å². The first-order valence-corrected chi connectivity index (χ1v) is 8.06. The number of hydrogen-bond donors (Lipinski definition) is 2. The summed E-state index contributed by atoms with van der Waals surface area (Å²) in [5.41, 5.74) is 0.522. The molecule has 5 nitrogen and oxygen atoms in total. The van der Waals surface area contributed by atoms with E-state index in [1.165, 1.54) is 17.5 Å². The Bertz CT molecular complexity index is 462. The molecule has 2 N–H and O–H groups in total. The molecule has 1 rings (SSSR count). The SMILES string of the molecule is CCCCC(CCC)Nc1cnn(CCO)c(=O)c1Br. The van der Waals surface area contributed by atoms with Crippen LogP contribution in [0.2, 0.25) is 0 Å². The summed E-state index contributed by atoms with van der Waals surface area (Å²) >= 11 is 3.33. The summed E-state index contributed by atoms with van der Waals surface area (Å²) < 4.78 is 1.74. The summed E-state index contributed by atoms with van der Waals surface area (Å²) in [5.74, 6) is 0. The van der Waals surface area contributed by atoms with Crippen molar-refractivity contribution in [3.63, 3.8) is 0 Å². The van der Waals surface area contributed by atoms with Gasteiger partial charge in [-0.3, -0.25) is 4.79 Å². The highest BCUT2D eigenvalue weighted by Crippen LogP contribution is 2.20. The van der Waals surface area contributed by atoms with Gasteiger partial charge in [0.05, 0.1) is 25.0 Å². The molecule has 1 heterocycles. The summed E-state index contributed by atoms with van der Waals surface area (Å²) in [7, 11) is 0. The number of rotatable bonds is 9. The van der Waals surface area contributed by atoms with Gasteiger partial charge in [-0.15, -0.1) is 0 Å². The van der Waals surface area contributed by atoms with E-state index in [4.69, 9.17) is 5.11 Å². The highest BCUT2D eigenvalue weighted by Gasteiger charge is 2.13. The molecule has 0 saturated heterocycles. The third-order valence-electron chi connectivity index (χ3n) is 3.20. The molecule has 1 aromatic rings. The normalized spacial score (nSPS) is 12.4. The Kier molecular flexibility index (Phi) is 7.84. The predicted molar refractivity (Wildman–Crippen MR) is 85.1 cm³/mol. The number of halogens is 1. The maximum atomic E-state index is 12.0. The van der Waals surface area contributed by atoms with E-state index < -0.39 is 0 Å². The van der Waals surface area contributed by atoms with Crippen LogP contribution in [-0.4, -0.2) is 27.5 Å². The van der Waals surface area contributed by atoms with E-state index >= 15 is 0 Å². The van der Waals surface area contributed by atoms with Gasteiger partial charge < -0.3 is 10.4 Å². The third-order valence-corrected chi connectivity index (χ3v) is 3.97. The maximum absolute atomic E-state index is 12.0. The van der Waals surface area contributed by atoms with Crippen LogP contribution in [0.4, 0.5) is 5.69 Å². The smallest absolute Gasteiger partial charge is 0.283 e. The number of aliphatic hydroxyl groups excluding tert-OH is 1. The summed E-state index contributed by atoms with van der Waals surface area (Å²) in [5, 5.41) is 16.4. The Morgan fingerprint density at radius 1 is 1.40 bits per heavy atom. The number of nitrogens with zero attached hydrogens (tertiary/aromatic N) is 2. The van der Waals surface area contributed by atoms with Crippen molar-refractivity contribution in [2.24, 2.45) is 0 Å². The molecule has 0 radical (unpaired) electrons. The average molecular weight is 346 g/mol. The van der Waals surface area contributed by atoms with Gasteiger partial charge in [0.25, 0.3) is 5.56 Å². The van der Waals surface area contributed by atoms with Crippen LogP contribution in [0.1, 0.15) is 46.0 Å². The molecule has 0 amide bonds. The van der Waals surface area contributed by atoms with E-state index in [1.54, 1.807) is 6.20 Å². The molecule has 0 spiro atoms. The minimum absolute atomic E-state index is 0.0961. The van der Waals surface area contributed by atoms with Crippen molar-refractivity contribution in [3.8, 4) is 0 Å². The summed E-state index contributed by atoms with van der Waals surface area (Å²) in [6, 6.07) is 0.367. The molecule has 0 aliphatic carbocycles. The predicted octanol–water partition coefficient (Wildman–Crippen LogP) is 2.77. The molecule has 0 fully saturated rings. The Morgan fingerprint density at radius 3 is 2.75 bits per heavy atom. The Balaban J connectivity index is 2.84. The van der Waals surface area contributed by atoms with Crippen molar-refractivity contribution in [1.29, 1.82) is 0 Å². The second-order valence-corrected chi connectivity index (χ2v) is 5.69. The number of unbranched alkanes of at least 4 members (excludes halogenated alkanes) is 1. The van der Waals surface area contributed by atoms with E-state index in [0.29, 0.717) is 10.5 Å². The van der Waals surface area contributed by atoms with E-state index in [0.717, 1.165) is 24.9 Å². The molecule has 20 heavy (non-hydrogen) atoms. The lowest BCUT2D eigenvalue weighted by atomic mass is 10.1. The fraction of sp³-hybridized carbons (Fsp3) is 0.714. The van der Waals surface area contributed by atoms with Crippen molar-refractivity contribution >= 4 is 21.6 Å². The molecule has 1 aromatic heterocycles. The summed E-state index contributed by atoms with van der Waals surface area (Å²) in [6.45, 7) is 4.46. The minimum Gasteiger partial charge on any atom is -0.394 e. The molecule has 1 atom stereocenters. The van der Waals surface area contributed by atoms with E-state index in [1.807, 2.05) is 0 Å². The quantitative estimate of drug-likeness (QED) is 0.722. The Labute approximate surface area is 128 Å². The number of anilines is 1. The van der Waals surface area contributed by atoms with Crippen LogP contribution in [0.5, 0.6) is 0 Å². The lowest BCUT2D eigenvalue weighted by Crippen LogP contribution is -2.28. The van der Waals surface area contributed by atoms with Crippen LogP contribution in [0, 0.1) is 0 Å². The van der Waals surface area contributed by atoms with Crippen molar-refractivity contribution in [2.45, 2.75) is 58.5 Å². The minimum atomic E-state index is -0.213. The maximum Gasteiger partial charge on any atom is 0.283 e. The van der Waals surface area contributed by atoms with E-state index in [-0.39, 0.29) is 18.7 Å².